The normalized spacial score (nSPS) is 14.1. The van der Waals surface area contributed by atoms with Gasteiger partial charge in [-0.1, -0.05) is 154 Å². The lowest BCUT2D eigenvalue weighted by Gasteiger charge is -2.22. The monoisotopic (exact) mass is 613 g/mol. The van der Waals surface area contributed by atoms with Crippen molar-refractivity contribution in [3.05, 3.63) is 12.2 Å². The summed E-state index contributed by atoms with van der Waals surface area (Å²) >= 11 is 1.96. The van der Waals surface area contributed by atoms with Gasteiger partial charge in [-0.2, -0.15) is 11.8 Å². The molecule has 0 aliphatic carbocycles. The van der Waals surface area contributed by atoms with Crippen molar-refractivity contribution in [2.75, 3.05) is 18.1 Å². The van der Waals surface area contributed by atoms with E-state index in [1.807, 2.05) is 11.8 Å². The van der Waals surface area contributed by atoms with E-state index in [1.165, 1.54) is 166 Å². The highest BCUT2D eigenvalue weighted by atomic mass is 32.2. The Morgan fingerprint density at radius 3 is 1.43 bits per heavy atom. The minimum absolute atomic E-state index is 0.0417. The number of allylic oxidation sites excluding steroid dienone is 2. The number of ether oxygens (including phenoxy) is 1. The number of thioether (sulfide) groups is 1. The summed E-state index contributed by atoms with van der Waals surface area (Å²) in [5.41, 5.74) is 0. The van der Waals surface area contributed by atoms with Crippen LogP contribution >= 0.6 is 11.8 Å². The average molecular weight is 613 g/mol. The van der Waals surface area contributed by atoms with Crippen molar-refractivity contribution in [3.63, 3.8) is 0 Å². The fraction of sp³-hybridized carbons (Fsp3) is 0.947. The molecule has 0 amide bonds. The van der Waals surface area contributed by atoms with Crippen molar-refractivity contribution < 1.29 is 14.9 Å². The van der Waals surface area contributed by atoms with Gasteiger partial charge in [0.2, 0.25) is 0 Å². The van der Waals surface area contributed by atoms with E-state index < -0.39 is 12.2 Å². The van der Waals surface area contributed by atoms with Crippen LogP contribution in [0.15, 0.2) is 12.2 Å². The van der Waals surface area contributed by atoms with E-state index in [9.17, 15) is 10.2 Å². The Kier molecular flexibility index (Phi) is 35.4. The first-order valence-corrected chi connectivity index (χ1v) is 20.0. The molecule has 0 heterocycles. The molecule has 0 rings (SSSR count). The zero-order valence-corrected chi connectivity index (χ0v) is 29.6. The molecular formula is C38H76O3S. The van der Waals surface area contributed by atoms with E-state index in [4.69, 9.17) is 4.74 Å². The van der Waals surface area contributed by atoms with E-state index in [-0.39, 0.29) is 6.10 Å². The minimum atomic E-state index is -0.693. The van der Waals surface area contributed by atoms with Gasteiger partial charge in [0.05, 0.1) is 18.3 Å². The Balaban J connectivity index is 3.70. The predicted molar refractivity (Wildman–Crippen MR) is 190 cm³/mol. The molecule has 0 spiro atoms. The lowest BCUT2D eigenvalue weighted by Crippen LogP contribution is -2.30. The van der Waals surface area contributed by atoms with Gasteiger partial charge >= 0.3 is 0 Å². The van der Waals surface area contributed by atoms with Crippen LogP contribution in [0.25, 0.3) is 0 Å². The van der Waals surface area contributed by atoms with Gasteiger partial charge in [-0.25, -0.2) is 0 Å². The summed E-state index contributed by atoms with van der Waals surface area (Å²) in [5, 5.41) is 20.0. The summed E-state index contributed by atoms with van der Waals surface area (Å²) in [6.45, 7) is 7.01. The third kappa shape index (κ3) is 32.9. The zero-order valence-electron chi connectivity index (χ0n) is 28.8. The third-order valence-electron chi connectivity index (χ3n) is 8.52. The second-order valence-electron chi connectivity index (χ2n) is 12.9. The standard InChI is InChI=1S/C38H76O3S/c1-4-6-8-10-12-14-16-18-20-22-24-26-28-30-32-41-37(34-38(40)36(3)39)35-42-33-31-29-27-25-23-21-19-17-15-13-11-9-7-5-2/h14,16,36-40H,4-13,15,17-35H2,1-3H3/b16-14+. The van der Waals surface area contributed by atoms with Crippen LogP contribution in [-0.2, 0) is 4.74 Å². The van der Waals surface area contributed by atoms with Gasteiger partial charge < -0.3 is 14.9 Å². The SMILES string of the molecule is CCCCCC/C=C/CCCCCCCCOC(CSCCCCCCCCCCCCCCCC)CC(O)C(C)O. The van der Waals surface area contributed by atoms with Gasteiger partial charge in [-0.3, -0.25) is 0 Å². The maximum absolute atomic E-state index is 10.2. The quantitative estimate of drug-likeness (QED) is 0.0552. The molecule has 2 N–H and O–H groups in total. The highest BCUT2D eigenvalue weighted by Gasteiger charge is 2.19. The van der Waals surface area contributed by atoms with Crippen molar-refractivity contribution in [2.24, 2.45) is 0 Å². The zero-order chi connectivity index (χ0) is 30.8. The van der Waals surface area contributed by atoms with E-state index >= 15 is 0 Å². The molecule has 0 saturated carbocycles. The van der Waals surface area contributed by atoms with Crippen molar-refractivity contribution in [2.45, 2.75) is 212 Å². The molecule has 252 valence electrons. The Hall–Kier alpha value is -0.0300. The van der Waals surface area contributed by atoms with Crippen LogP contribution in [0.5, 0.6) is 0 Å². The summed E-state index contributed by atoms with van der Waals surface area (Å²) < 4.78 is 6.19. The predicted octanol–water partition coefficient (Wildman–Crippen LogP) is 12.0. The largest absolute Gasteiger partial charge is 0.391 e. The lowest BCUT2D eigenvalue weighted by molar-refractivity contribution is -0.0214. The molecule has 0 bridgehead atoms. The maximum atomic E-state index is 10.2. The van der Waals surface area contributed by atoms with E-state index in [0.717, 1.165) is 18.8 Å². The van der Waals surface area contributed by atoms with E-state index in [1.54, 1.807) is 6.92 Å². The molecule has 0 aromatic rings. The first-order chi connectivity index (χ1) is 20.6. The molecule has 0 fully saturated rings. The number of unbranched alkanes of at least 4 members (excludes halogenated alkanes) is 23. The van der Waals surface area contributed by atoms with Crippen molar-refractivity contribution in [1.82, 2.24) is 0 Å². The van der Waals surface area contributed by atoms with Crippen LogP contribution in [0, 0.1) is 0 Å². The Bertz CT molecular complexity index is 524. The van der Waals surface area contributed by atoms with Crippen LogP contribution in [-0.4, -0.2) is 46.6 Å². The van der Waals surface area contributed by atoms with Crippen molar-refractivity contribution >= 4 is 11.8 Å². The van der Waals surface area contributed by atoms with Crippen molar-refractivity contribution in [1.29, 1.82) is 0 Å². The number of aliphatic hydroxyl groups is 2. The van der Waals surface area contributed by atoms with Crippen LogP contribution in [0.4, 0.5) is 0 Å². The molecule has 3 atom stereocenters. The maximum Gasteiger partial charge on any atom is 0.0821 e. The Morgan fingerprint density at radius 2 is 0.952 bits per heavy atom. The van der Waals surface area contributed by atoms with Gasteiger partial charge in [-0.15, -0.1) is 0 Å². The first kappa shape index (κ1) is 42.0. The van der Waals surface area contributed by atoms with Crippen molar-refractivity contribution in [3.8, 4) is 0 Å². The van der Waals surface area contributed by atoms with E-state index in [0.29, 0.717) is 6.42 Å². The Labute approximate surface area is 268 Å². The average Bonchev–Trinajstić information content (AvgIpc) is 2.98. The molecule has 3 nitrogen and oxygen atoms in total. The Morgan fingerprint density at radius 1 is 0.548 bits per heavy atom. The summed E-state index contributed by atoms with van der Waals surface area (Å²) in [7, 11) is 0. The van der Waals surface area contributed by atoms with Crippen LogP contribution in [0.1, 0.15) is 194 Å². The van der Waals surface area contributed by atoms with Gasteiger partial charge in [0.15, 0.2) is 0 Å². The summed E-state index contributed by atoms with van der Waals surface area (Å²) in [5.74, 6) is 2.10. The molecule has 0 saturated heterocycles. The fourth-order valence-electron chi connectivity index (χ4n) is 5.51. The molecule has 0 aliphatic rings. The summed E-state index contributed by atoms with van der Waals surface area (Å²) in [6, 6.07) is 0. The number of rotatable bonds is 35. The van der Waals surface area contributed by atoms with Gasteiger partial charge in [0.1, 0.15) is 0 Å². The molecule has 4 heteroatoms. The summed E-state index contributed by atoms with van der Waals surface area (Å²) in [6.07, 6.45) is 39.1. The second-order valence-corrected chi connectivity index (χ2v) is 14.1. The smallest absolute Gasteiger partial charge is 0.0821 e. The number of hydrogen-bond acceptors (Lipinski definition) is 4. The second kappa shape index (κ2) is 35.4. The topological polar surface area (TPSA) is 49.7 Å². The molecule has 3 unspecified atom stereocenters. The number of hydrogen-bond donors (Lipinski definition) is 2. The molecule has 0 aromatic heterocycles. The number of aliphatic hydroxyl groups excluding tert-OH is 2. The molecule has 42 heavy (non-hydrogen) atoms. The lowest BCUT2D eigenvalue weighted by atomic mass is 10.0. The molecular weight excluding hydrogens is 536 g/mol. The fourth-order valence-corrected chi connectivity index (χ4v) is 6.58. The van der Waals surface area contributed by atoms with Gasteiger partial charge in [0, 0.05) is 18.8 Å². The summed E-state index contributed by atoms with van der Waals surface area (Å²) in [4.78, 5) is 0. The molecule has 0 aliphatic heterocycles. The molecule has 0 radical (unpaired) electrons. The minimum Gasteiger partial charge on any atom is -0.391 e. The third-order valence-corrected chi connectivity index (χ3v) is 9.70. The highest BCUT2D eigenvalue weighted by Crippen LogP contribution is 2.18. The molecule has 0 aromatic carbocycles. The van der Waals surface area contributed by atoms with E-state index in [2.05, 4.69) is 26.0 Å². The highest BCUT2D eigenvalue weighted by molar-refractivity contribution is 7.99. The van der Waals surface area contributed by atoms with Crippen LogP contribution < -0.4 is 0 Å². The first-order valence-electron chi connectivity index (χ1n) is 18.8. The van der Waals surface area contributed by atoms with Gasteiger partial charge in [0.25, 0.3) is 0 Å². The van der Waals surface area contributed by atoms with Gasteiger partial charge in [-0.05, 0) is 51.2 Å². The van der Waals surface area contributed by atoms with Crippen LogP contribution in [0.2, 0.25) is 0 Å². The van der Waals surface area contributed by atoms with Crippen LogP contribution in [0.3, 0.4) is 0 Å².